The van der Waals surface area contributed by atoms with E-state index in [1.54, 1.807) is 11.0 Å². The third-order valence-corrected chi connectivity index (χ3v) is 4.42. The topological polar surface area (TPSA) is 98.1 Å². The van der Waals surface area contributed by atoms with Crippen LogP contribution in [-0.4, -0.2) is 45.0 Å². The van der Waals surface area contributed by atoms with Crippen molar-refractivity contribution < 1.29 is 14.3 Å². The molecule has 2 amide bonds. The smallest absolute Gasteiger partial charge is 0.407 e. The number of amides is 2. The summed E-state index contributed by atoms with van der Waals surface area (Å²) in [5.41, 5.74) is -0.506. The lowest BCUT2D eigenvalue weighted by molar-refractivity contribution is -0.122. The van der Waals surface area contributed by atoms with Crippen molar-refractivity contribution in [3.05, 3.63) is 12.7 Å². The molecule has 1 aliphatic carbocycles. The summed E-state index contributed by atoms with van der Waals surface area (Å²) in [6.45, 7) is 6.74. The maximum Gasteiger partial charge on any atom is 0.407 e. The number of rotatable bonds is 7. The molecule has 2 N–H and O–H groups in total. The number of ether oxygens (including phenoxy) is 1. The Morgan fingerprint density at radius 3 is 2.73 bits per heavy atom. The predicted octanol–water partition coefficient (Wildman–Crippen LogP) is 2.26. The van der Waals surface area contributed by atoms with Gasteiger partial charge in [0.15, 0.2) is 0 Å². The molecule has 1 saturated carbocycles. The van der Waals surface area contributed by atoms with Crippen molar-refractivity contribution in [3.8, 4) is 0 Å². The number of alkyl carbamates (subject to hydrolysis) is 1. The summed E-state index contributed by atoms with van der Waals surface area (Å²) in [5, 5.41) is 10.0. The molecule has 1 aromatic heterocycles. The maximum absolute atomic E-state index is 12.2. The minimum Gasteiger partial charge on any atom is -0.444 e. The zero-order valence-corrected chi connectivity index (χ0v) is 16.0. The molecule has 1 heterocycles. The number of carbonyl (C=O) groups is 2. The average molecular weight is 365 g/mol. The molecule has 0 radical (unpaired) electrons. The SMILES string of the molecule is CC(C)(C)OC(=O)NC[C@@H]1CCCC[C@H]1NC(=O)CCCn1cncn1. The molecular weight excluding hydrogens is 334 g/mol. The van der Waals surface area contributed by atoms with Crippen LogP contribution in [0.2, 0.25) is 0 Å². The lowest BCUT2D eigenvalue weighted by Gasteiger charge is -2.32. The van der Waals surface area contributed by atoms with Crippen molar-refractivity contribution in [1.29, 1.82) is 0 Å². The van der Waals surface area contributed by atoms with Gasteiger partial charge in [0.25, 0.3) is 0 Å². The highest BCUT2D eigenvalue weighted by Crippen LogP contribution is 2.24. The summed E-state index contributed by atoms with van der Waals surface area (Å²) in [5.74, 6) is 0.301. The van der Waals surface area contributed by atoms with Gasteiger partial charge in [-0.15, -0.1) is 0 Å². The van der Waals surface area contributed by atoms with Crippen molar-refractivity contribution in [1.82, 2.24) is 25.4 Å². The van der Waals surface area contributed by atoms with E-state index in [1.165, 1.54) is 6.33 Å². The normalized spacial score (nSPS) is 20.4. The zero-order valence-electron chi connectivity index (χ0n) is 16.0. The van der Waals surface area contributed by atoms with E-state index >= 15 is 0 Å². The highest BCUT2D eigenvalue weighted by Gasteiger charge is 2.27. The van der Waals surface area contributed by atoms with Gasteiger partial charge >= 0.3 is 6.09 Å². The number of nitrogens with zero attached hydrogens (tertiary/aromatic N) is 3. The molecule has 0 aromatic carbocycles. The van der Waals surface area contributed by atoms with Gasteiger partial charge in [0.1, 0.15) is 18.3 Å². The summed E-state index contributed by atoms with van der Waals surface area (Å²) in [7, 11) is 0. The fraction of sp³-hybridized carbons (Fsp3) is 0.778. The number of carbonyl (C=O) groups excluding carboxylic acids is 2. The second-order valence-corrected chi connectivity index (χ2v) is 7.86. The van der Waals surface area contributed by atoms with E-state index in [0.29, 0.717) is 19.5 Å². The van der Waals surface area contributed by atoms with Gasteiger partial charge in [0.05, 0.1) is 0 Å². The van der Waals surface area contributed by atoms with Crippen LogP contribution >= 0.6 is 0 Å². The van der Waals surface area contributed by atoms with Gasteiger partial charge in [-0.05, 0) is 46.0 Å². The molecule has 0 saturated heterocycles. The maximum atomic E-state index is 12.2. The molecule has 0 bridgehead atoms. The molecule has 1 aliphatic rings. The molecule has 2 rings (SSSR count). The number of hydrogen-bond acceptors (Lipinski definition) is 5. The van der Waals surface area contributed by atoms with E-state index in [-0.39, 0.29) is 17.9 Å². The number of aryl methyl sites for hydroxylation is 1. The Bertz CT molecular complexity index is 568. The fourth-order valence-corrected chi connectivity index (χ4v) is 3.20. The fourth-order valence-electron chi connectivity index (χ4n) is 3.20. The zero-order chi connectivity index (χ0) is 19.0. The highest BCUT2D eigenvalue weighted by molar-refractivity contribution is 5.76. The Kier molecular flexibility index (Phi) is 7.41. The number of aromatic nitrogens is 3. The molecule has 8 nitrogen and oxygen atoms in total. The van der Waals surface area contributed by atoms with Crippen molar-refractivity contribution in [2.45, 2.75) is 77.5 Å². The van der Waals surface area contributed by atoms with Crippen molar-refractivity contribution in [2.75, 3.05) is 6.54 Å². The van der Waals surface area contributed by atoms with E-state index in [1.807, 2.05) is 20.8 Å². The Labute approximate surface area is 155 Å². The van der Waals surface area contributed by atoms with Crippen LogP contribution in [0.15, 0.2) is 12.7 Å². The molecule has 0 unspecified atom stereocenters. The van der Waals surface area contributed by atoms with Crippen LogP contribution < -0.4 is 10.6 Å². The third-order valence-electron chi connectivity index (χ3n) is 4.42. The van der Waals surface area contributed by atoms with Gasteiger partial charge in [-0.3, -0.25) is 9.48 Å². The van der Waals surface area contributed by atoms with E-state index in [9.17, 15) is 9.59 Å². The van der Waals surface area contributed by atoms with E-state index in [0.717, 1.165) is 32.1 Å². The van der Waals surface area contributed by atoms with Crippen LogP contribution in [0.25, 0.3) is 0 Å². The van der Waals surface area contributed by atoms with E-state index < -0.39 is 11.7 Å². The Balaban J connectivity index is 1.72. The Morgan fingerprint density at radius 2 is 2.04 bits per heavy atom. The molecular formula is C18H31N5O3. The van der Waals surface area contributed by atoms with Gasteiger partial charge in [0.2, 0.25) is 5.91 Å². The summed E-state index contributed by atoms with van der Waals surface area (Å²) < 4.78 is 7.01. The van der Waals surface area contributed by atoms with Crippen LogP contribution in [0.1, 0.15) is 59.3 Å². The molecule has 0 spiro atoms. The summed E-state index contributed by atoms with van der Waals surface area (Å²) in [4.78, 5) is 28.0. The minimum absolute atomic E-state index is 0.0549. The Hall–Kier alpha value is -2.12. The van der Waals surface area contributed by atoms with Gasteiger partial charge in [0, 0.05) is 25.6 Å². The first-order valence-electron chi connectivity index (χ1n) is 9.42. The standard InChI is InChI=1S/C18H31N5O3/c1-18(2,3)26-17(25)20-11-14-7-4-5-8-15(14)22-16(24)9-6-10-23-13-19-12-21-23/h12-15H,4-11H2,1-3H3,(H,20,25)(H,22,24)/t14-,15+/m0/s1. The van der Waals surface area contributed by atoms with Crippen LogP contribution in [0, 0.1) is 5.92 Å². The van der Waals surface area contributed by atoms with Crippen molar-refractivity contribution >= 4 is 12.0 Å². The largest absolute Gasteiger partial charge is 0.444 e. The second-order valence-electron chi connectivity index (χ2n) is 7.86. The summed E-state index contributed by atoms with van der Waals surface area (Å²) in [6.07, 6.45) is 8.11. The van der Waals surface area contributed by atoms with Gasteiger partial charge in [-0.25, -0.2) is 9.78 Å². The first kappa shape index (κ1) is 20.2. The quantitative estimate of drug-likeness (QED) is 0.772. The van der Waals surface area contributed by atoms with Crippen LogP contribution in [0.5, 0.6) is 0 Å². The molecule has 1 aromatic rings. The lowest BCUT2D eigenvalue weighted by atomic mass is 9.84. The van der Waals surface area contributed by atoms with Crippen molar-refractivity contribution in [2.24, 2.45) is 5.92 Å². The van der Waals surface area contributed by atoms with E-state index in [2.05, 4.69) is 20.7 Å². The van der Waals surface area contributed by atoms with Crippen molar-refractivity contribution in [3.63, 3.8) is 0 Å². The van der Waals surface area contributed by atoms with Crippen LogP contribution in [0.3, 0.4) is 0 Å². The lowest BCUT2D eigenvalue weighted by Crippen LogP contribution is -2.47. The van der Waals surface area contributed by atoms with Gasteiger partial charge in [-0.2, -0.15) is 5.10 Å². The molecule has 146 valence electrons. The first-order valence-corrected chi connectivity index (χ1v) is 9.42. The third kappa shape index (κ3) is 7.41. The minimum atomic E-state index is -0.506. The molecule has 1 fully saturated rings. The Morgan fingerprint density at radius 1 is 1.27 bits per heavy atom. The van der Waals surface area contributed by atoms with Crippen LogP contribution in [-0.2, 0) is 16.1 Å². The molecule has 0 aliphatic heterocycles. The first-order chi connectivity index (χ1) is 12.3. The molecule has 8 heteroatoms. The monoisotopic (exact) mass is 365 g/mol. The van der Waals surface area contributed by atoms with E-state index in [4.69, 9.17) is 4.74 Å². The highest BCUT2D eigenvalue weighted by atomic mass is 16.6. The van der Waals surface area contributed by atoms with Gasteiger partial charge in [-0.1, -0.05) is 12.8 Å². The second kappa shape index (κ2) is 9.54. The van der Waals surface area contributed by atoms with Gasteiger partial charge < -0.3 is 15.4 Å². The number of hydrogen-bond donors (Lipinski definition) is 2. The summed E-state index contributed by atoms with van der Waals surface area (Å²) in [6, 6.07) is 0.109. The predicted molar refractivity (Wildman–Crippen MR) is 97.4 cm³/mol. The molecule has 26 heavy (non-hydrogen) atoms. The number of nitrogens with one attached hydrogen (secondary N) is 2. The summed E-state index contributed by atoms with van der Waals surface area (Å²) >= 11 is 0. The molecule has 2 atom stereocenters. The average Bonchev–Trinajstić information content (AvgIpc) is 3.06. The van der Waals surface area contributed by atoms with Crippen LogP contribution in [0.4, 0.5) is 4.79 Å².